The summed E-state index contributed by atoms with van der Waals surface area (Å²) < 4.78 is 0.688. The minimum absolute atomic E-state index is 0.143. The third kappa shape index (κ3) is 5.16. The summed E-state index contributed by atoms with van der Waals surface area (Å²) in [6.45, 7) is 3.98. The van der Waals surface area contributed by atoms with Gasteiger partial charge in [0.1, 0.15) is 5.54 Å². The summed E-state index contributed by atoms with van der Waals surface area (Å²) >= 11 is 9.01. The number of nitrogens with one attached hydrogen (secondary N) is 2. The fourth-order valence-electron chi connectivity index (χ4n) is 3.35. The van der Waals surface area contributed by atoms with Gasteiger partial charge in [-0.3, -0.25) is 4.79 Å². The summed E-state index contributed by atoms with van der Waals surface area (Å²) in [4.78, 5) is 12.3. The lowest BCUT2D eigenvalue weighted by molar-refractivity contribution is -0.120. The van der Waals surface area contributed by atoms with Crippen molar-refractivity contribution in [1.29, 1.82) is 5.26 Å². The second-order valence-corrected chi connectivity index (χ2v) is 9.64. The number of halogens is 1. The molecule has 148 valence electrons. The molecule has 9 heteroatoms. The molecule has 0 saturated heterocycles. The molecule has 1 heterocycles. The molecular weight excluding hydrogens is 414 g/mol. The van der Waals surface area contributed by atoms with E-state index in [-0.39, 0.29) is 11.7 Å². The van der Waals surface area contributed by atoms with Crippen molar-refractivity contribution in [2.24, 2.45) is 0 Å². The second-order valence-electron chi connectivity index (χ2n) is 7.03. The van der Waals surface area contributed by atoms with Gasteiger partial charge in [-0.1, -0.05) is 60.0 Å². The van der Waals surface area contributed by atoms with Gasteiger partial charge in [-0.15, -0.1) is 10.2 Å². The van der Waals surface area contributed by atoms with Crippen LogP contribution in [0, 0.1) is 25.2 Å². The Labute approximate surface area is 178 Å². The third-order valence-electron chi connectivity index (χ3n) is 4.70. The maximum Gasteiger partial charge on any atom is 0.231 e. The fourth-order valence-corrected chi connectivity index (χ4v) is 5.27. The predicted octanol–water partition coefficient (Wildman–Crippen LogP) is 4.99. The van der Waals surface area contributed by atoms with E-state index in [0.717, 1.165) is 48.9 Å². The van der Waals surface area contributed by atoms with Crippen LogP contribution in [-0.2, 0) is 4.79 Å². The van der Waals surface area contributed by atoms with E-state index >= 15 is 0 Å². The van der Waals surface area contributed by atoms with Gasteiger partial charge >= 0.3 is 0 Å². The maximum absolute atomic E-state index is 12.3. The van der Waals surface area contributed by atoms with Crippen molar-refractivity contribution < 1.29 is 4.79 Å². The van der Waals surface area contributed by atoms with Crippen molar-refractivity contribution in [2.75, 3.05) is 11.1 Å². The van der Waals surface area contributed by atoms with Crippen LogP contribution in [0.25, 0.3) is 0 Å². The summed E-state index contributed by atoms with van der Waals surface area (Å²) in [7, 11) is 0. The standard InChI is InChI=1S/C19H22ClN5OS2/c1-12-8-13(2)16(14(20)9-12)22-17-24-25-18(28-17)27-10-15(26)23-19(11-21)6-4-3-5-7-19/h8-9H,3-7,10H2,1-2H3,(H,22,24)(H,23,26). The summed E-state index contributed by atoms with van der Waals surface area (Å²) in [6.07, 6.45) is 4.53. The monoisotopic (exact) mass is 435 g/mol. The Morgan fingerprint density at radius 3 is 2.75 bits per heavy atom. The van der Waals surface area contributed by atoms with Gasteiger partial charge in [-0.05, 0) is 43.9 Å². The van der Waals surface area contributed by atoms with E-state index in [4.69, 9.17) is 11.6 Å². The van der Waals surface area contributed by atoms with Crippen molar-refractivity contribution in [3.63, 3.8) is 0 Å². The number of carbonyl (C=O) groups excluding carboxylic acids is 1. The van der Waals surface area contributed by atoms with Gasteiger partial charge in [0.2, 0.25) is 11.0 Å². The van der Waals surface area contributed by atoms with Crippen LogP contribution in [0.3, 0.4) is 0 Å². The smallest absolute Gasteiger partial charge is 0.231 e. The Balaban J connectivity index is 1.56. The molecule has 1 saturated carbocycles. The molecule has 0 radical (unpaired) electrons. The van der Waals surface area contributed by atoms with Crippen molar-refractivity contribution >= 4 is 51.4 Å². The van der Waals surface area contributed by atoms with Gasteiger partial charge in [0, 0.05) is 0 Å². The summed E-state index contributed by atoms with van der Waals surface area (Å²) in [5, 5.41) is 25.1. The van der Waals surface area contributed by atoms with Crippen LogP contribution in [0.5, 0.6) is 0 Å². The molecule has 0 bridgehead atoms. The van der Waals surface area contributed by atoms with Crippen LogP contribution in [0.4, 0.5) is 10.8 Å². The third-order valence-corrected chi connectivity index (χ3v) is 6.97. The van der Waals surface area contributed by atoms with Gasteiger partial charge in [0.15, 0.2) is 4.34 Å². The molecule has 1 aliphatic rings. The lowest BCUT2D eigenvalue weighted by atomic mass is 9.83. The van der Waals surface area contributed by atoms with Gasteiger partial charge in [0.25, 0.3) is 0 Å². The lowest BCUT2D eigenvalue weighted by Crippen LogP contribution is -2.49. The van der Waals surface area contributed by atoms with Gasteiger partial charge in [-0.25, -0.2) is 0 Å². The minimum Gasteiger partial charge on any atom is -0.337 e. The van der Waals surface area contributed by atoms with Crippen LogP contribution in [0.2, 0.25) is 5.02 Å². The highest BCUT2D eigenvalue weighted by Gasteiger charge is 2.33. The van der Waals surface area contributed by atoms with E-state index in [1.807, 2.05) is 26.0 Å². The van der Waals surface area contributed by atoms with Crippen molar-refractivity contribution in [3.8, 4) is 6.07 Å². The topological polar surface area (TPSA) is 90.7 Å². The lowest BCUT2D eigenvalue weighted by Gasteiger charge is -2.31. The SMILES string of the molecule is Cc1cc(C)c(Nc2nnc(SCC(=O)NC3(C#N)CCCCC3)s2)c(Cl)c1. The molecule has 0 unspecified atom stereocenters. The minimum atomic E-state index is -0.705. The molecule has 1 amide bonds. The zero-order chi connectivity index (χ0) is 20.1. The Hall–Kier alpha value is -1.82. The number of nitrogens with zero attached hydrogens (tertiary/aromatic N) is 3. The second kappa shape index (κ2) is 9.12. The maximum atomic E-state index is 12.3. The Morgan fingerprint density at radius 2 is 2.07 bits per heavy atom. The molecule has 1 aromatic carbocycles. The first kappa shape index (κ1) is 20.9. The number of hydrogen-bond acceptors (Lipinski definition) is 7. The fraction of sp³-hybridized carbons (Fsp3) is 0.474. The molecule has 0 aliphatic heterocycles. The molecular formula is C19H22ClN5OS2. The van der Waals surface area contributed by atoms with Crippen LogP contribution in [-0.4, -0.2) is 27.4 Å². The number of nitriles is 1. The van der Waals surface area contributed by atoms with E-state index in [0.29, 0.717) is 14.5 Å². The number of carbonyl (C=O) groups is 1. The number of anilines is 2. The van der Waals surface area contributed by atoms with Gasteiger partial charge < -0.3 is 10.6 Å². The van der Waals surface area contributed by atoms with E-state index in [2.05, 4.69) is 26.9 Å². The van der Waals surface area contributed by atoms with Crippen molar-refractivity contribution in [3.05, 3.63) is 28.3 Å². The van der Waals surface area contributed by atoms with Crippen molar-refractivity contribution in [1.82, 2.24) is 15.5 Å². The summed E-state index contributed by atoms with van der Waals surface area (Å²) in [5.41, 5.74) is 2.23. The number of hydrogen-bond donors (Lipinski definition) is 2. The average Bonchev–Trinajstić information content (AvgIpc) is 3.11. The highest BCUT2D eigenvalue weighted by molar-refractivity contribution is 8.01. The average molecular weight is 436 g/mol. The zero-order valence-corrected chi connectivity index (χ0v) is 18.2. The molecule has 0 spiro atoms. The zero-order valence-electron chi connectivity index (χ0n) is 15.8. The number of rotatable bonds is 6. The number of aryl methyl sites for hydroxylation is 2. The quantitative estimate of drug-likeness (QED) is 0.621. The first-order chi connectivity index (χ1) is 13.4. The molecule has 1 aromatic heterocycles. The molecule has 1 aliphatic carbocycles. The van der Waals surface area contributed by atoms with Crippen LogP contribution in [0.15, 0.2) is 16.5 Å². The predicted molar refractivity (Wildman–Crippen MR) is 114 cm³/mol. The molecule has 2 aromatic rings. The number of thioether (sulfide) groups is 1. The van der Waals surface area contributed by atoms with Gasteiger partial charge in [-0.2, -0.15) is 5.26 Å². The molecule has 3 rings (SSSR count). The van der Waals surface area contributed by atoms with Crippen LogP contribution < -0.4 is 10.6 Å². The van der Waals surface area contributed by atoms with E-state index in [1.54, 1.807) is 0 Å². The molecule has 6 nitrogen and oxygen atoms in total. The van der Waals surface area contributed by atoms with Gasteiger partial charge in [0.05, 0.1) is 22.5 Å². The van der Waals surface area contributed by atoms with Crippen LogP contribution >= 0.6 is 34.7 Å². The summed E-state index contributed by atoms with van der Waals surface area (Å²) in [5.74, 6) is 0.0677. The molecule has 28 heavy (non-hydrogen) atoms. The Kier molecular flexibility index (Phi) is 6.81. The normalized spacial score (nSPS) is 15.6. The first-order valence-corrected chi connectivity index (χ1v) is 11.3. The highest BCUT2D eigenvalue weighted by Crippen LogP contribution is 2.33. The number of amides is 1. The molecule has 2 N–H and O–H groups in total. The molecule has 0 atom stereocenters. The van der Waals surface area contributed by atoms with Crippen LogP contribution in [0.1, 0.15) is 43.2 Å². The first-order valence-electron chi connectivity index (χ1n) is 9.13. The van der Waals surface area contributed by atoms with E-state index in [1.165, 1.54) is 23.1 Å². The largest absolute Gasteiger partial charge is 0.337 e. The van der Waals surface area contributed by atoms with Crippen molar-refractivity contribution in [2.45, 2.75) is 55.8 Å². The molecule has 1 fully saturated rings. The number of aromatic nitrogens is 2. The Morgan fingerprint density at radius 1 is 1.32 bits per heavy atom. The van der Waals surface area contributed by atoms with E-state index < -0.39 is 5.54 Å². The number of benzene rings is 1. The Bertz CT molecular complexity index is 879. The summed E-state index contributed by atoms with van der Waals surface area (Å²) in [6, 6.07) is 6.25. The highest BCUT2D eigenvalue weighted by atomic mass is 35.5. The van der Waals surface area contributed by atoms with E-state index in [9.17, 15) is 10.1 Å².